The van der Waals surface area contributed by atoms with Gasteiger partial charge in [0, 0.05) is 6.54 Å². The van der Waals surface area contributed by atoms with Crippen LogP contribution in [0, 0.1) is 11.8 Å². The molecule has 0 aliphatic rings. The van der Waals surface area contributed by atoms with E-state index in [0.29, 0.717) is 29.7 Å². The van der Waals surface area contributed by atoms with Crippen molar-refractivity contribution in [3.63, 3.8) is 0 Å². The average molecular weight is 287 g/mol. The zero-order chi connectivity index (χ0) is 14.6. The molecule has 3 nitrogen and oxygen atoms in total. The molecule has 4 heteroatoms. The molecule has 110 valence electrons. The van der Waals surface area contributed by atoms with Crippen LogP contribution < -0.4 is 0 Å². The minimum Gasteiger partial charge on any atom is -0.383 e. The van der Waals surface area contributed by atoms with Gasteiger partial charge in [0.25, 0.3) is 0 Å². The van der Waals surface area contributed by atoms with Crippen molar-refractivity contribution < 1.29 is 5.11 Å². The van der Waals surface area contributed by atoms with E-state index in [1.54, 1.807) is 6.20 Å². The lowest BCUT2D eigenvalue weighted by molar-refractivity contribution is -0.0125. The second-order valence-electron chi connectivity index (χ2n) is 6.29. The summed E-state index contributed by atoms with van der Waals surface area (Å²) in [6.07, 6.45) is 4.04. The first kappa shape index (κ1) is 16.5. The van der Waals surface area contributed by atoms with Crippen LogP contribution in [0.2, 0.25) is 5.02 Å². The number of hydrogen-bond acceptors (Lipinski definition) is 2. The molecule has 19 heavy (non-hydrogen) atoms. The minimum absolute atomic E-state index is 0.407. The van der Waals surface area contributed by atoms with Gasteiger partial charge in [-0.15, -0.1) is 0 Å². The van der Waals surface area contributed by atoms with Crippen molar-refractivity contribution in [3.05, 3.63) is 16.9 Å². The SMILES string of the molecule is CCCn1ncc(Cl)c1C(O)(CC(C)C)CC(C)C. The van der Waals surface area contributed by atoms with Gasteiger partial charge < -0.3 is 5.11 Å². The summed E-state index contributed by atoms with van der Waals surface area (Å²) in [5, 5.41) is 16.0. The van der Waals surface area contributed by atoms with Crippen LogP contribution in [0.25, 0.3) is 0 Å². The van der Waals surface area contributed by atoms with Gasteiger partial charge in [0.15, 0.2) is 0 Å². The van der Waals surface area contributed by atoms with Gasteiger partial charge in [-0.2, -0.15) is 5.10 Å². The third kappa shape index (κ3) is 4.22. The van der Waals surface area contributed by atoms with Crippen LogP contribution in [0.3, 0.4) is 0 Å². The predicted molar refractivity (Wildman–Crippen MR) is 80.3 cm³/mol. The van der Waals surface area contributed by atoms with Crippen LogP contribution >= 0.6 is 11.6 Å². The van der Waals surface area contributed by atoms with Crippen LogP contribution in [0.4, 0.5) is 0 Å². The summed E-state index contributed by atoms with van der Waals surface area (Å²) in [5.41, 5.74) is -0.0936. The monoisotopic (exact) mass is 286 g/mol. The fourth-order valence-electron chi connectivity index (χ4n) is 2.83. The molecule has 0 aliphatic carbocycles. The average Bonchev–Trinajstić information content (AvgIpc) is 2.58. The van der Waals surface area contributed by atoms with Crippen molar-refractivity contribution in [3.8, 4) is 0 Å². The highest BCUT2D eigenvalue weighted by molar-refractivity contribution is 6.31. The number of rotatable bonds is 7. The first-order valence-electron chi connectivity index (χ1n) is 7.24. The molecule has 1 heterocycles. The van der Waals surface area contributed by atoms with Crippen LogP contribution in [0.15, 0.2) is 6.20 Å². The molecule has 0 spiro atoms. The molecule has 1 N–H and O–H groups in total. The number of nitrogens with zero attached hydrogens (tertiary/aromatic N) is 2. The molecule has 0 fully saturated rings. The van der Waals surface area contributed by atoms with Gasteiger partial charge in [-0.05, 0) is 31.1 Å². The number of hydrogen-bond donors (Lipinski definition) is 1. The standard InChI is InChI=1S/C15H27ClN2O/c1-6-7-18-14(13(16)10-17-18)15(19,8-11(2)3)9-12(4)5/h10-12,19H,6-9H2,1-5H3. The van der Waals surface area contributed by atoms with Gasteiger partial charge in [0.1, 0.15) is 5.60 Å². The van der Waals surface area contributed by atoms with E-state index in [2.05, 4.69) is 39.7 Å². The van der Waals surface area contributed by atoms with E-state index in [1.165, 1.54) is 0 Å². The molecule has 0 amide bonds. The Balaban J connectivity index is 3.19. The maximum absolute atomic E-state index is 11.2. The van der Waals surface area contributed by atoms with E-state index in [1.807, 2.05) is 4.68 Å². The molecular weight excluding hydrogens is 260 g/mol. The Bertz CT molecular complexity index is 389. The van der Waals surface area contributed by atoms with E-state index in [0.717, 1.165) is 18.7 Å². The van der Waals surface area contributed by atoms with Crippen molar-refractivity contribution in [2.45, 2.75) is 66.0 Å². The summed E-state index contributed by atoms with van der Waals surface area (Å²) in [4.78, 5) is 0. The van der Waals surface area contributed by atoms with Crippen LogP contribution in [-0.2, 0) is 12.1 Å². The Labute approximate surface area is 122 Å². The van der Waals surface area contributed by atoms with Crippen LogP contribution in [0.1, 0.15) is 59.6 Å². The summed E-state index contributed by atoms with van der Waals surface area (Å²) in [5.74, 6) is 0.814. The normalized spacial score (nSPS) is 12.7. The van der Waals surface area contributed by atoms with Gasteiger partial charge in [0.05, 0.1) is 16.9 Å². The Morgan fingerprint density at radius 1 is 1.26 bits per heavy atom. The summed E-state index contributed by atoms with van der Waals surface area (Å²) in [6.45, 7) is 11.4. The first-order valence-corrected chi connectivity index (χ1v) is 7.62. The topological polar surface area (TPSA) is 38.0 Å². The van der Waals surface area contributed by atoms with Crippen molar-refractivity contribution in [2.24, 2.45) is 11.8 Å². The van der Waals surface area contributed by atoms with Crippen molar-refractivity contribution in [1.29, 1.82) is 0 Å². The molecule has 0 radical (unpaired) electrons. The third-order valence-corrected chi connectivity index (χ3v) is 3.44. The fourth-order valence-corrected chi connectivity index (χ4v) is 3.15. The van der Waals surface area contributed by atoms with Crippen molar-refractivity contribution in [2.75, 3.05) is 0 Å². The quantitative estimate of drug-likeness (QED) is 0.815. The molecule has 0 saturated heterocycles. The molecule has 0 unspecified atom stereocenters. The lowest BCUT2D eigenvalue weighted by Crippen LogP contribution is -2.33. The number of aryl methyl sites for hydroxylation is 1. The van der Waals surface area contributed by atoms with E-state index < -0.39 is 5.60 Å². The number of aromatic nitrogens is 2. The van der Waals surface area contributed by atoms with Crippen LogP contribution in [0.5, 0.6) is 0 Å². The molecule has 1 aromatic rings. The molecule has 1 rings (SSSR count). The van der Waals surface area contributed by atoms with E-state index in [4.69, 9.17) is 11.6 Å². The van der Waals surface area contributed by atoms with Gasteiger partial charge >= 0.3 is 0 Å². The highest BCUT2D eigenvalue weighted by Crippen LogP contribution is 2.38. The molecule has 0 atom stereocenters. The smallest absolute Gasteiger partial charge is 0.108 e. The van der Waals surface area contributed by atoms with E-state index in [9.17, 15) is 5.11 Å². The Morgan fingerprint density at radius 2 is 1.79 bits per heavy atom. The largest absolute Gasteiger partial charge is 0.383 e. The Hall–Kier alpha value is -0.540. The molecular formula is C15H27ClN2O. The van der Waals surface area contributed by atoms with E-state index in [-0.39, 0.29) is 0 Å². The highest BCUT2D eigenvalue weighted by Gasteiger charge is 2.36. The summed E-state index contributed by atoms with van der Waals surface area (Å²) >= 11 is 6.29. The molecule has 0 bridgehead atoms. The van der Waals surface area contributed by atoms with E-state index >= 15 is 0 Å². The van der Waals surface area contributed by atoms with Crippen LogP contribution in [-0.4, -0.2) is 14.9 Å². The second kappa shape index (κ2) is 6.76. The lowest BCUT2D eigenvalue weighted by atomic mass is 9.82. The number of aliphatic hydroxyl groups is 1. The number of halogens is 1. The zero-order valence-electron chi connectivity index (χ0n) is 12.8. The molecule has 1 aromatic heterocycles. The van der Waals surface area contributed by atoms with Gasteiger partial charge in [-0.3, -0.25) is 4.68 Å². The maximum Gasteiger partial charge on any atom is 0.108 e. The molecule has 0 aliphatic heterocycles. The van der Waals surface area contributed by atoms with Gasteiger partial charge in [0.2, 0.25) is 0 Å². The Morgan fingerprint density at radius 3 is 2.21 bits per heavy atom. The van der Waals surface area contributed by atoms with Crippen molar-refractivity contribution in [1.82, 2.24) is 9.78 Å². The zero-order valence-corrected chi connectivity index (χ0v) is 13.5. The third-order valence-electron chi connectivity index (χ3n) is 3.16. The lowest BCUT2D eigenvalue weighted by Gasteiger charge is -2.32. The summed E-state index contributed by atoms with van der Waals surface area (Å²) < 4.78 is 1.87. The predicted octanol–water partition coefficient (Wildman–Crippen LogP) is 4.23. The fraction of sp³-hybridized carbons (Fsp3) is 0.800. The van der Waals surface area contributed by atoms with Gasteiger partial charge in [-0.25, -0.2) is 0 Å². The second-order valence-corrected chi connectivity index (χ2v) is 6.70. The Kier molecular flexibility index (Phi) is 5.87. The van der Waals surface area contributed by atoms with Crippen molar-refractivity contribution >= 4 is 11.6 Å². The summed E-state index contributed by atoms with van der Waals surface area (Å²) in [6, 6.07) is 0. The summed E-state index contributed by atoms with van der Waals surface area (Å²) in [7, 11) is 0. The molecule has 0 saturated carbocycles. The molecule has 0 aromatic carbocycles. The highest BCUT2D eigenvalue weighted by atomic mass is 35.5. The minimum atomic E-state index is -0.884. The van der Waals surface area contributed by atoms with Gasteiger partial charge in [-0.1, -0.05) is 46.2 Å². The maximum atomic E-state index is 11.2. The first-order chi connectivity index (χ1) is 8.80.